The standard InChI is InChI=1S/C18H16O12/c1-24-15(20)11-2-3-12(29-11)17(22)27-8-9-28-18(23)14-5-4-13(30-14)16(21)26-7-6-25-10-19/h2-5,10H,6-9H2,1H3. The minimum Gasteiger partial charge on any atom is -0.464 e. The zero-order valence-electron chi connectivity index (χ0n) is 15.6. The number of methoxy groups -OCH3 is 1. The minimum absolute atomic E-state index is 0.119. The molecule has 0 aliphatic rings. The van der Waals surface area contributed by atoms with Crippen LogP contribution in [0.1, 0.15) is 42.2 Å². The molecule has 0 bridgehead atoms. The molecule has 0 saturated carbocycles. The number of ether oxygens (including phenoxy) is 5. The minimum atomic E-state index is -0.902. The Morgan fingerprint density at radius 2 is 1.07 bits per heavy atom. The van der Waals surface area contributed by atoms with Crippen LogP contribution in [0.3, 0.4) is 0 Å². The quantitative estimate of drug-likeness (QED) is 0.218. The van der Waals surface area contributed by atoms with E-state index in [1.54, 1.807) is 0 Å². The maximum absolute atomic E-state index is 11.9. The van der Waals surface area contributed by atoms with Gasteiger partial charge in [0.2, 0.25) is 23.0 Å². The number of rotatable bonds is 11. The van der Waals surface area contributed by atoms with Crippen LogP contribution in [0.25, 0.3) is 0 Å². The van der Waals surface area contributed by atoms with E-state index in [0.717, 1.165) is 7.11 Å². The number of hydrogen-bond acceptors (Lipinski definition) is 12. The van der Waals surface area contributed by atoms with Crippen LogP contribution in [-0.4, -0.2) is 63.9 Å². The van der Waals surface area contributed by atoms with Gasteiger partial charge in [-0.2, -0.15) is 0 Å². The lowest BCUT2D eigenvalue weighted by Crippen LogP contribution is -2.13. The van der Waals surface area contributed by atoms with Gasteiger partial charge in [-0.1, -0.05) is 0 Å². The Labute approximate surface area is 168 Å². The van der Waals surface area contributed by atoms with Crippen LogP contribution in [0.4, 0.5) is 0 Å². The fourth-order valence-electron chi connectivity index (χ4n) is 1.93. The van der Waals surface area contributed by atoms with Crippen LogP contribution < -0.4 is 0 Å². The first-order chi connectivity index (χ1) is 14.5. The summed E-state index contributed by atoms with van der Waals surface area (Å²) in [5, 5.41) is 0. The molecule has 30 heavy (non-hydrogen) atoms. The molecule has 0 N–H and O–H groups in total. The highest BCUT2D eigenvalue weighted by Gasteiger charge is 2.19. The molecular weight excluding hydrogens is 408 g/mol. The second-order valence-electron chi connectivity index (χ2n) is 5.19. The zero-order valence-corrected chi connectivity index (χ0v) is 15.6. The average molecular weight is 424 g/mol. The van der Waals surface area contributed by atoms with Crippen LogP contribution >= 0.6 is 0 Å². The second kappa shape index (κ2) is 11.0. The summed E-state index contributed by atoms with van der Waals surface area (Å²) >= 11 is 0. The van der Waals surface area contributed by atoms with Crippen molar-refractivity contribution >= 4 is 30.3 Å². The molecule has 0 saturated heterocycles. The molecule has 0 aliphatic carbocycles. The fraction of sp³-hybridized carbons (Fsp3) is 0.278. The van der Waals surface area contributed by atoms with Gasteiger partial charge in [0.1, 0.15) is 26.4 Å². The zero-order chi connectivity index (χ0) is 21.9. The molecule has 0 unspecified atom stereocenters. The van der Waals surface area contributed by atoms with Gasteiger partial charge in [0, 0.05) is 0 Å². The molecule has 0 fully saturated rings. The molecule has 12 nitrogen and oxygen atoms in total. The first-order valence-electron chi connectivity index (χ1n) is 8.31. The Hall–Kier alpha value is -4.09. The summed E-state index contributed by atoms with van der Waals surface area (Å²) in [5.74, 6) is -4.30. The number of esters is 4. The summed E-state index contributed by atoms with van der Waals surface area (Å²) in [5.41, 5.74) is 0. The van der Waals surface area contributed by atoms with Crippen molar-refractivity contribution in [2.45, 2.75) is 0 Å². The predicted octanol–water partition coefficient (Wildman–Crippen LogP) is 1.00. The highest BCUT2D eigenvalue weighted by Crippen LogP contribution is 2.12. The summed E-state index contributed by atoms with van der Waals surface area (Å²) in [6, 6.07) is 4.88. The first-order valence-corrected chi connectivity index (χ1v) is 8.31. The molecule has 0 atom stereocenters. The molecule has 0 aromatic carbocycles. The molecule has 2 aromatic rings. The number of carbonyl (C=O) groups is 5. The van der Waals surface area contributed by atoms with Gasteiger partial charge in [0.15, 0.2) is 0 Å². The Morgan fingerprint density at radius 1 is 0.700 bits per heavy atom. The molecule has 0 radical (unpaired) electrons. The molecule has 160 valence electrons. The summed E-state index contributed by atoms with van der Waals surface area (Å²) in [6.07, 6.45) is 0. The monoisotopic (exact) mass is 424 g/mol. The topological polar surface area (TPSA) is 158 Å². The van der Waals surface area contributed by atoms with Crippen molar-refractivity contribution in [1.82, 2.24) is 0 Å². The Bertz CT molecular complexity index is 906. The molecule has 2 heterocycles. The summed E-state index contributed by atoms with van der Waals surface area (Å²) < 4.78 is 33.2. The first kappa shape index (κ1) is 22.2. The van der Waals surface area contributed by atoms with Gasteiger partial charge < -0.3 is 32.5 Å². The number of furan rings is 2. The van der Waals surface area contributed by atoms with Crippen molar-refractivity contribution in [1.29, 1.82) is 0 Å². The van der Waals surface area contributed by atoms with Crippen LogP contribution in [-0.2, 0) is 28.5 Å². The highest BCUT2D eigenvalue weighted by atomic mass is 16.6. The van der Waals surface area contributed by atoms with E-state index in [0.29, 0.717) is 0 Å². The van der Waals surface area contributed by atoms with Gasteiger partial charge in [-0.25, -0.2) is 19.2 Å². The second-order valence-corrected chi connectivity index (χ2v) is 5.19. The number of hydrogen-bond donors (Lipinski definition) is 0. The Morgan fingerprint density at radius 3 is 1.43 bits per heavy atom. The SMILES string of the molecule is COC(=O)c1ccc(C(=O)OCCOC(=O)c2ccc(C(=O)OCCOC=O)o2)o1. The third-order valence-corrected chi connectivity index (χ3v) is 3.25. The van der Waals surface area contributed by atoms with Gasteiger partial charge >= 0.3 is 23.9 Å². The van der Waals surface area contributed by atoms with Crippen LogP contribution in [0, 0.1) is 0 Å². The van der Waals surface area contributed by atoms with E-state index in [1.807, 2.05) is 0 Å². The maximum Gasteiger partial charge on any atom is 0.374 e. The molecule has 0 amide bonds. The third-order valence-electron chi connectivity index (χ3n) is 3.25. The molecule has 0 aliphatic heterocycles. The lowest BCUT2D eigenvalue weighted by Gasteiger charge is -2.04. The molecule has 2 aromatic heterocycles. The molecule has 0 spiro atoms. The lowest BCUT2D eigenvalue weighted by molar-refractivity contribution is -0.129. The van der Waals surface area contributed by atoms with Crippen molar-refractivity contribution in [2.24, 2.45) is 0 Å². The van der Waals surface area contributed by atoms with Gasteiger partial charge in [0.25, 0.3) is 6.47 Å². The number of carbonyl (C=O) groups excluding carboxylic acids is 5. The van der Waals surface area contributed by atoms with E-state index in [4.69, 9.17) is 23.0 Å². The van der Waals surface area contributed by atoms with E-state index in [9.17, 15) is 24.0 Å². The van der Waals surface area contributed by atoms with Crippen molar-refractivity contribution in [2.75, 3.05) is 33.5 Å². The van der Waals surface area contributed by atoms with Crippen LogP contribution in [0.15, 0.2) is 33.1 Å². The molecular formula is C18H16O12. The van der Waals surface area contributed by atoms with Gasteiger partial charge in [-0.15, -0.1) is 0 Å². The van der Waals surface area contributed by atoms with E-state index < -0.39 is 23.9 Å². The normalized spacial score (nSPS) is 10.0. The van der Waals surface area contributed by atoms with Crippen molar-refractivity contribution < 1.29 is 56.5 Å². The highest BCUT2D eigenvalue weighted by molar-refractivity contribution is 5.91. The van der Waals surface area contributed by atoms with E-state index in [2.05, 4.69) is 9.47 Å². The van der Waals surface area contributed by atoms with Crippen molar-refractivity contribution in [3.8, 4) is 0 Å². The maximum atomic E-state index is 11.9. The largest absolute Gasteiger partial charge is 0.464 e. The van der Waals surface area contributed by atoms with Crippen molar-refractivity contribution in [3.63, 3.8) is 0 Å². The fourth-order valence-corrected chi connectivity index (χ4v) is 1.93. The summed E-state index contributed by atoms with van der Waals surface area (Å²) in [7, 11) is 1.16. The van der Waals surface area contributed by atoms with Gasteiger partial charge in [0.05, 0.1) is 7.11 Å². The summed E-state index contributed by atoms with van der Waals surface area (Å²) in [4.78, 5) is 56.6. The van der Waals surface area contributed by atoms with Crippen molar-refractivity contribution in [3.05, 3.63) is 47.3 Å². The van der Waals surface area contributed by atoms with E-state index >= 15 is 0 Å². The predicted molar refractivity (Wildman–Crippen MR) is 91.6 cm³/mol. The molecule has 12 heteroatoms. The lowest BCUT2D eigenvalue weighted by atomic mass is 10.4. The third kappa shape index (κ3) is 6.22. The Balaban J connectivity index is 1.73. The summed E-state index contributed by atoms with van der Waals surface area (Å²) in [6.45, 7) is -0.698. The Kier molecular flexibility index (Phi) is 8.17. The average Bonchev–Trinajstić information content (AvgIpc) is 3.43. The molecule has 2 rings (SSSR count). The van der Waals surface area contributed by atoms with Gasteiger partial charge in [-0.05, 0) is 24.3 Å². The van der Waals surface area contributed by atoms with Crippen LogP contribution in [0.2, 0.25) is 0 Å². The smallest absolute Gasteiger partial charge is 0.374 e. The van der Waals surface area contributed by atoms with E-state index in [-0.39, 0.29) is 55.9 Å². The van der Waals surface area contributed by atoms with Gasteiger partial charge in [-0.3, -0.25) is 4.79 Å². The van der Waals surface area contributed by atoms with Crippen LogP contribution in [0.5, 0.6) is 0 Å². The van der Waals surface area contributed by atoms with E-state index in [1.165, 1.54) is 24.3 Å².